The molecule has 2 rings (SSSR count). The zero-order valence-corrected chi connectivity index (χ0v) is 12.1. The van der Waals surface area contributed by atoms with Gasteiger partial charge in [-0.1, -0.05) is 15.9 Å². The van der Waals surface area contributed by atoms with E-state index in [1.54, 1.807) is 0 Å². The first-order valence-corrected chi connectivity index (χ1v) is 6.87. The summed E-state index contributed by atoms with van der Waals surface area (Å²) in [6.07, 6.45) is 0. The molecule has 1 N–H and O–H groups in total. The van der Waals surface area contributed by atoms with Gasteiger partial charge >= 0.3 is 0 Å². The molecule has 0 atom stereocenters. The Morgan fingerprint density at radius 1 is 1.42 bits per heavy atom. The number of ketones is 1. The Morgan fingerprint density at radius 3 is 2.79 bits per heavy atom. The van der Waals surface area contributed by atoms with Crippen LogP contribution in [0.25, 0.3) is 0 Å². The maximum absolute atomic E-state index is 13.5. The van der Waals surface area contributed by atoms with Crippen molar-refractivity contribution in [1.29, 1.82) is 0 Å². The molecule has 1 heterocycles. The summed E-state index contributed by atoms with van der Waals surface area (Å²) in [6, 6.07) is 4.08. The van der Waals surface area contributed by atoms with E-state index in [9.17, 15) is 14.0 Å². The molecule has 0 spiro atoms. The van der Waals surface area contributed by atoms with Gasteiger partial charge in [-0.3, -0.25) is 14.9 Å². The second-order valence-corrected chi connectivity index (χ2v) is 5.45. The van der Waals surface area contributed by atoms with Crippen LogP contribution in [-0.4, -0.2) is 16.7 Å². The van der Waals surface area contributed by atoms with Crippen molar-refractivity contribution < 1.29 is 14.0 Å². The Kier molecular flexibility index (Phi) is 4.06. The van der Waals surface area contributed by atoms with Gasteiger partial charge in [0.05, 0.1) is 5.56 Å². The highest BCUT2D eigenvalue weighted by molar-refractivity contribution is 9.10. The summed E-state index contributed by atoms with van der Waals surface area (Å²) in [7, 11) is 0. The van der Waals surface area contributed by atoms with Crippen LogP contribution in [-0.2, 0) is 0 Å². The predicted molar refractivity (Wildman–Crippen MR) is 74.2 cm³/mol. The summed E-state index contributed by atoms with van der Waals surface area (Å²) >= 11 is 4.28. The summed E-state index contributed by atoms with van der Waals surface area (Å²) in [6.45, 7) is 1.38. The smallest absolute Gasteiger partial charge is 0.260 e. The van der Waals surface area contributed by atoms with Gasteiger partial charge in [-0.25, -0.2) is 9.37 Å². The molecule has 0 aliphatic carbocycles. The Bertz CT molecular complexity index is 657. The van der Waals surface area contributed by atoms with Crippen molar-refractivity contribution in [3.63, 3.8) is 0 Å². The molecule has 0 bridgehead atoms. The maximum atomic E-state index is 13.5. The number of hydrogen-bond donors (Lipinski definition) is 1. The highest BCUT2D eigenvalue weighted by Crippen LogP contribution is 2.19. The first-order valence-electron chi connectivity index (χ1n) is 5.20. The van der Waals surface area contributed by atoms with Gasteiger partial charge in [-0.2, -0.15) is 0 Å². The third kappa shape index (κ3) is 3.24. The lowest BCUT2D eigenvalue weighted by molar-refractivity contribution is 0.100. The van der Waals surface area contributed by atoms with Crippen molar-refractivity contribution in [3.8, 4) is 0 Å². The SMILES string of the molecule is CC(=O)c1csc(NC(=O)c2cc(Br)ccc2F)n1. The Hall–Kier alpha value is -1.60. The normalized spacial score (nSPS) is 10.3. The monoisotopic (exact) mass is 342 g/mol. The van der Waals surface area contributed by atoms with E-state index in [1.807, 2.05) is 0 Å². The first kappa shape index (κ1) is 13.8. The number of anilines is 1. The maximum Gasteiger partial charge on any atom is 0.260 e. The van der Waals surface area contributed by atoms with Crippen molar-refractivity contribution in [2.45, 2.75) is 6.92 Å². The van der Waals surface area contributed by atoms with Crippen molar-refractivity contribution in [2.24, 2.45) is 0 Å². The van der Waals surface area contributed by atoms with Gasteiger partial charge in [0.2, 0.25) is 0 Å². The number of nitrogens with one attached hydrogen (secondary N) is 1. The largest absolute Gasteiger partial charge is 0.298 e. The molecule has 0 aliphatic rings. The molecular weight excluding hydrogens is 335 g/mol. The molecule has 0 saturated heterocycles. The van der Waals surface area contributed by atoms with E-state index in [1.165, 1.54) is 30.5 Å². The number of halogens is 2. The summed E-state index contributed by atoms with van der Waals surface area (Å²) < 4.78 is 14.1. The number of carbonyl (C=O) groups is 2. The van der Waals surface area contributed by atoms with Crippen molar-refractivity contribution in [1.82, 2.24) is 4.98 Å². The number of rotatable bonds is 3. The predicted octanol–water partition coefficient (Wildman–Crippen LogP) is 3.50. The minimum Gasteiger partial charge on any atom is -0.298 e. The number of aromatic nitrogens is 1. The van der Waals surface area contributed by atoms with E-state index >= 15 is 0 Å². The Morgan fingerprint density at radius 2 is 2.16 bits per heavy atom. The Balaban J connectivity index is 2.20. The minimum absolute atomic E-state index is 0.0889. The average molecular weight is 343 g/mol. The minimum atomic E-state index is -0.621. The summed E-state index contributed by atoms with van der Waals surface area (Å²) in [5.74, 6) is -1.42. The summed E-state index contributed by atoms with van der Waals surface area (Å²) in [5, 5.41) is 4.25. The number of Topliss-reactive ketones (excluding diaryl/α,β-unsaturated/α-hetero) is 1. The van der Waals surface area contributed by atoms with Crippen molar-refractivity contribution in [2.75, 3.05) is 5.32 Å². The lowest BCUT2D eigenvalue weighted by Crippen LogP contribution is -2.13. The fourth-order valence-corrected chi connectivity index (χ4v) is 2.43. The molecule has 1 aromatic carbocycles. The van der Waals surface area contributed by atoms with Gasteiger partial charge in [0.25, 0.3) is 5.91 Å². The summed E-state index contributed by atoms with van der Waals surface area (Å²) in [5.41, 5.74) is 0.184. The van der Waals surface area contributed by atoms with Crippen LogP contribution in [0.3, 0.4) is 0 Å². The molecule has 19 heavy (non-hydrogen) atoms. The molecular formula is C12H8BrFN2O2S. The van der Waals surface area contributed by atoms with Crippen LogP contribution in [0, 0.1) is 5.82 Å². The fraction of sp³-hybridized carbons (Fsp3) is 0.0833. The van der Waals surface area contributed by atoms with Crippen molar-refractivity contribution >= 4 is 44.1 Å². The molecule has 4 nitrogen and oxygen atoms in total. The topological polar surface area (TPSA) is 59.1 Å². The quantitative estimate of drug-likeness (QED) is 0.868. The molecule has 0 unspecified atom stereocenters. The zero-order valence-electron chi connectivity index (χ0n) is 9.74. The first-order chi connectivity index (χ1) is 8.97. The van der Waals surface area contributed by atoms with Crippen LogP contribution in [0.5, 0.6) is 0 Å². The molecule has 0 saturated carbocycles. The molecule has 0 fully saturated rings. The van der Waals surface area contributed by atoms with Gasteiger partial charge < -0.3 is 0 Å². The number of benzene rings is 1. The van der Waals surface area contributed by atoms with Gasteiger partial charge in [0, 0.05) is 16.8 Å². The highest BCUT2D eigenvalue weighted by Gasteiger charge is 2.14. The van der Waals surface area contributed by atoms with Crippen LogP contribution in [0.4, 0.5) is 9.52 Å². The van der Waals surface area contributed by atoms with Gasteiger partial charge in [-0.15, -0.1) is 11.3 Å². The van der Waals surface area contributed by atoms with Gasteiger partial charge in [0.1, 0.15) is 11.5 Å². The molecule has 98 valence electrons. The second kappa shape index (κ2) is 5.58. The van der Waals surface area contributed by atoms with Crippen molar-refractivity contribution in [3.05, 3.63) is 45.1 Å². The second-order valence-electron chi connectivity index (χ2n) is 3.67. The third-order valence-electron chi connectivity index (χ3n) is 2.26. The molecule has 2 aromatic rings. The van der Waals surface area contributed by atoms with E-state index in [-0.39, 0.29) is 22.2 Å². The summed E-state index contributed by atoms with van der Waals surface area (Å²) in [4.78, 5) is 26.9. The van der Waals surface area contributed by atoms with Gasteiger partial charge in [-0.05, 0) is 18.2 Å². The number of nitrogens with zero attached hydrogens (tertiary/aromatic N) is 1. The number of hydrogen-bond acceptors (Lipinski definition) is 4. The van der Waals surface area contributed by atoms with E-state index < -0.39 is 11.7 Å². The standard InChI is InChI=1S/C12H8BrFN2O2S/c1-6(17)10-5-19-12(15-10)16-11(18)8-4-7(13)2-3-9(8)14/h2-5H,1H3,(H,15,16,18). The molecule has 7 heteroatoms. The van der Waals surface area contributed by atoms with E-state index in [0.29, 0.717) is 4.47 Å². The van der Waals surface area contributed by atoms with E-state index in [0.717, 1.165) is 11.3 Å². The van der Waals surface area contributed by atoms with Gasteiger partial charge in [0.15, 0.2) is 10.9 Å². The van der Waals surface area contributed by atoms with Crippen LogP contribution < -0.4 is 5.32 Å². The third-order valence-corrected chi connectivity index (χ3v) is 3.51. The van der Waals surface area contributed by atoms with Crippen LogP contribution in [0.15, 0.2) is 28.1 Å². The average Bonchev–Trinajstić information content (AvgIpc) is 2.80. The van der Waals surface area contributed by atoms with Crippen LogP contribution in [0.1, 0.15) is 27.8 Å². The van der Waals surface area contributed by atoms with Crippen LogP contribution >= 0.6 is 27.3 Å². The van der Waals surface area contributed by atoms with Crippen LogP contribution in [0.2, 0.25) is 0 Å². The zero-order chi connectivity index (χ0) is 14.0. The lowest BCUT2D eigenvalue weighted by atomic mass is 10.2. The fourth-order valence-electron chi connectivity index (χ4n) is 1.33. The number of thiazole rings is 1. The molecule has 0 radical (unpaired) electrons. The number of amides is 1. The Labute approximate surface area is 120 Å². The van der Waals surface area contributed by atoms with E-state index in [4.69, 9.17) is 0 Å². The highest BCUT2D eigenvalue weighted by atomic mass is 79.9. The molecule has 1 aromatic heterocycles. The molecule has 1 amide bonds. The van der Waals surface area contributed by atoms with E-state index in [2.05, 4.69) is 26.2 Å². The number of carbonyl (C=O) groups excluding carboxylic acids is 2. The lowest BCUT2D eigenvalue weighted by Gasteiger charge is -2.03. The molecule has 0 aliphatic heterocycles.